The van der Waals surface area contributed by atoms with Crippen LogP contribution < -0.4 is 0 Å². The van der Waals surface area contributed by atoms with Crippen LogP contribution >= 0.6 is 0 Å². The van der Waals surface area contributed by atoms with Crippen LogP contribution in [0, 0.1) is 11.8 Å². The second-order valence-corrected chi connectivity index (χ2v) is 7.86. The van der Waals surface area contributed by atoms with Gasteiger partial charge in [-0.05, 0) is 40.2 Å². The molecular formula is C21H28O6. The summed E-state index contributed by atoms with van der Waals surface area (Å²) in [7, 11) is 0. The topological polar surface area (TPSA) is 89.9 Å². The molecule has 148 valence electrons. The standard InChI is InChI=1S/C21H28O6/c1-12(2)26-19(23)17-15(22)11-21(5,25)18(20(24)27-13(3)4)16(17)14-9-7-6-8-10-14/h6-10,12-13,16-18,25H,11H2,1-5H3/t16-,17+,18+,21+/m1/s1. The molecule has 4 atom stereocenters. The molecule has 1 aromatic carbocycles. The van der Waals surface area contributed by atoms with Crippen molar-refractivity contribution in [3.8, 4) is 0 Å². The van der Waals surface area contributed by atoms with Gasteiger partial charge in [-0.1, -0.05) is 30.3 Å². The number of hydrogen-bond acceptors (Lipinski definition) is 6. The van der Waals surface area contributed by atoms with Crippen molar-refractivity contribution >= 4 is 17.7 Å². The van der Waals surface area contributed by atoms with Gasteiger partial charge in [-0.15, -0.1) is 0 Å². The highest BCUT2D eigenvalue weighted by Gasteiger charge is 2.57. The molecule has 6 nitrogen and oxygen atoms in total. The van der Waals surface area contributed by atoms with E-state index in [2.05, 4.69) is 0 Å². The smallest absolute Gasteiger partial charge is 0.317 e. The van der Waals surface area contributed by atoms with Crippen molar-refractivity contribution in [3.05, 3.63) is 35.9 Å². The third kappa shape index (κ3) is 4.75. The van der Waals surface area contributed by atoms with Crippen molar-refractivity contribution in [2.75, 3.05) is 0 Å². The minimum atomic E-state index is -1.63. The Morgan fingerprint density at radius 2 is 1.56 bits per heavy atom. The Morgan fingerprint density at radius 3 is 2.07 bits per heavy atom. The summed E-state index contributed by atoms with van der Waals surface area (Å²) in [5, 5.41) is 10.9. The predicted molar refractivity (Wildman–Crippen MR) is 98.9 cm³/mol. The minimum absolute atomic E-state index is 0.313. The van der Waals surface area contributed by atoms with Crippen molar-refractivity contribution in [3.63, 3.8) is 0 Å². The molecular weight excluding hydrogens is 348 g/mol. The molecule has 1 saturated carbocycles. The highest BCUT2D eigenvalue weighted by Crippen LogP contribution is 2.46. The van der Waals surface area contributed by atoms with E-state index in [1.165, 1.54) is 6.92 Å². The van der Waals surface area contributed by atoms with Crippen molar-refractivity contribution in [2.45, 2.75) is 64.8 Å². The number of carbonyl (C=O) groups is 3. The van der Waals surface area contributed by atoms with Crippen LogP contribution in [0.5, 0.6) is 0 Å². The number of ketones is 1. The van der Waals surface area contributed by atoms with Gasteiger partial charge < -0.3 is 14.6 Å². The number of ether oxygens (including phenoxy) is 2. The largest absolute Gasteiger partial charge is 0.463 e. The first-order valence-electron chi connectivity index (χ1n) is 9.25. The maximum absolute atomic E-state index is 12.9. The second kappa shape index (κ2) is 8.21. The maximum atomic E-state index is 12.9. The van der Waals surface area contributed by atoms with E-state index in [1.807, 2.05) is 0 Å². The summed E-state index contributed by atoms with van der Waals surface area (Å²) in [6.07, 6.45) is -1.10. The third-order valence-corrected chi connectivity index (χ3v) is 4.66. The predicted octanol–water partition coefficient (Wildman–Crippen LogP) is 2.63. The summed E-state index contributed by atoms with van der Waals surface area (Å²) in [6, 6.07) is 8.81. The number of Topliss-reactive ketones (excluding diaryl/α,β-unsaturated/α-hetero) is 1. The first-order chi connectivity index (χ1) is 12.5. The average molecular weight is 376 g/mol. The SMILES string of the molecule is CC(C)OC(=O)[C@H]1C(=O)C[C@](C)(O)[C@H](C(=O)OC(C)C)[C@@H]1c1ccccc1. The Balaban J connectivity index is 2.57. The van der Waals surface area contributed by atoms with Crippen LogP contribution in [0.15, 0.2) is 30.3 Å². The minimum Gasteiger partial charge on any atom is -0.463 e. The Hall–Kier alpha value is -2.21. The molecule has 1 aliphatic rings. The normalized spacial score (nSPS) is 28.3. The van der Waals surface area contributed by atoms with Gasteiger partial charge in [0.1, 0.15) is 5.92 Å². The molecule has 0 heterocycles. The summed E-state index contributed by atoms with van der Waals surface area (Å²) in [6.45, 7) is 8.26. The van der Waals surface area contributed by atoms with Gasteiger partial charge in [-0.25, -0.2) is 0 Å². The van der Waals surface area contributed by atoms with E-state index in [9.17, 15) is 19.5 Å². The molecule has 27 heavy (non-hydrogen) atoms. The van der Waals surface area contributed by atoms with Crippen LogP contribution in [0.3, 0.4) is 0 Å². The number of hydrogen-bond donors (Lipinski definition) is 1. The van der Waals surface area contributed by atoms with Crippen molar-refractivity contribution in [2.24, 2.45) is 11.8 Å². The van der Waals surface area contributed by atoms with E-state index < -0.39 is 47.2 Å². The van der Waals surface area contributed by atoms with Crippen molar-refractivity contribution in [1.29, 1.82) is 0 Å². The number of aliphatic hydroxyl groups is 1. The summed E-state index contributed by atoms with van der Waals surface area (Å²) < 4.78 is 10.7. The first kappa shape index (κ1) is 21.1. The second-order valence-electron chi connectivity index (χ2n) is 7.86. The molecule has 1 fully saturated rings. The summed E-state index contributed by atoms with van der Waals surface area (Å²) in [4.78, 5) is 38.4. The number of rotatable bonds is 5. The molecule has 1 aromatic rings. The molecule has 2 rings (SSSR count). The van der Waals surface area contributed by atoms with Crippen LogP contribution in [0.4, 0.5) is 0 Å². The van der Waals surface area contributed by atoms with Crippen LogP contribution in [0.2, 0.25) is 0 Å². The number of carbonyl (C=O) groups excluding carboxylic acids is 3. The van der Waals surface area contributed by atoms with E-state index in [4.69, 9.17) is 9.47 Å². The average Bonchev–Trinajstić information content (AvgIpc) is 2.52. The van der Waals surface area contributed by atoms with E-state index >= 15 is 0 Å². The molecule has 1 aliphatic carbocycles. The molecule has 0 radical (unpaired) electrons. The molecule has 0 saturated heterocycles. The highest BCUT2D eigenvalue weighted by molar-refractivity contribution is 6.02. The lowest BCUT2D eigenvalue weighted by atomic mass is 9.61. The number of esters is 2. The lowest BCUT2D eigenvalue weighted by molar-refractivity contribution is -0.176. The lowest BCUT2D eigenvalue weighted by Gasteiger charge is -2.44. The van der Waals surface area contributed by atoms with Gasteiger partial charge in [0.25, 0.3) is 0 Å². The van der Waals surface area contributed by atoms with Crippen LogP contribution in [0.25, 0.3) is 0 Å². The fourth-order valence-corrected chi connectivity index (χ4v) is 3.70. The van der Waals surface area contributed by atoms with Gasteiger partial charge >= 0.3 is 11.9 Å². The van der Waals surface area contributed by atoms with Gasteiger partial charge in [-0.3, -0.25) is 14.4 Å². The Morgan fingerprint density at radius 1 is 1.04 bits per heavy atom. The third-order valence-electron chi connectivity index (χ3n) is 4.66. The van der Waals surface area contributed by atoms with Crippen LogP contribution in [-0.4, -0.2) is 40.6 Å². The van der Waals surface area contributed by atoms with Gasteiger partial charge in [0.05, 0.1) is 23.7 Å². The van der Waals surface area contributed by atoms with Crippen molar-refractivity contribution < 1.29 is 29.0 Å². The van der Waals surface area contributed by atoms with Gasteiger partial charge in [-0.2, -0.15) is 0 Å². The first-order valence-corrected chi connectivity index (χ1v) is 9.25. The molecule has 0 amide bonds. The van der Waals surface area contributed by atoms with Gasteiger partial charge in [0, 0.05) is 12.3 Å². The summed E-state index contributed by atoms with van der Waals surface area (Å²) in [5.41, 5.74) is -1.01. The molecule has 1 N–H and O–H groups in total. The monoisotopic (exact) mass is 376 g/mol. The molecule has 0 aromatic heterocycles. The zero-order chi connectivity index (χ0) is 20.4. The van der Waals surface area contributed by atoms with E-state index in [0.717, 1.165) is 0 Å². The Bertz CT molecular complexity index is 684. The molecule has 0 aliphatic heterocycles. The quantitative estimate of drug-likeness (QED) is 0.628. The zero-order valence-electron chi connectivity index (χ0n) is 16.5. The molecule has 0 bridgehead atoms. The molecule has 0 unspecified atom stereocenters. The summed E-state index contributed by atoms with van der Waals surface area (Å²) in [5.74, 6) is -4.84. The Labute approximate surface area is 159 Å². The van der Waals surface area contributed by atoms with Gasteiger partial charge in [0.15, 0.2) is 5.78 Å². The van der Waals surface area contributed by atoms with E-state index in [1.54, 1.807) is 58.0 Å². The van der Waals surface area contributed by atoms with Gasteiger partial charge in [0.2, 0.25) is 0 Å². The number of benzene rings is 1. The summed E-state index contributed by atoms with van der Waals surface area (Å²) >= 11 is 0. The molecule has 0 spiro atoms. The lowest BCUT2D eigenvalue weighted by Crippen LogP contribution is -2.55. The Kier molecular flexibility index (Phi) is 6.42. The zero-order valence-corrected chi connectivity index (χ0v) is 16.5. The maximum Gasteiger partial charge on any atom is 0.317 e. The fraction of sp³-hybridized carbons (Fsp3) is 0.571. The van der Waals surface area contributed by atoms with E-state index in [0.29, 0.717) is 5.56 Å². The van der Waals surface area contributed by atoms with Crippen LogP contribution in [0.1, 0.15) is 52.5 Å². The van der Waals surface area contributed by atoms with Crippen LogP contribution in [-0.2, 0) is 23.9 Å². The molecule has 6 heteroatoms. The van der Waals surface area contributed by atoms with E-state index in [-0.39, 0.29) is 12.5 Å². The highest BCUT2D eigenvalue weighted by atomic mass is 16.5. The fourth-order valence-electron chi connectivity index (χ4n) is 3.70. The van der Waals surface area contributed by atoms with Crippen molar-refractivity contribution in [1.82, 2.24) is 0 Å².